The summed E-state index contributed by atoms with van der Waals surface area (Å²) in [6.45, 7) is 3.98. The minimum atomic E-state index is 0.272. The van der Waals surface area contributed by atoms with E-state index in [9.17, 15) is 5.11 Å². The lowest BCUT2D eigenvalue weighted by Crippen LogP contribution is -2.44. The predicted octanol–water partition coefficient (Wildman–Crippen LogP) is 1.80. The van der Waals surface area contributed by atoms with E-state index < -0.39 is 0 Å². The van der Waals surface area contributed by atoms with Crippen molar-refractivity contribution in [1.82, 2.24) is 4.90 Å². The lowest BCUT2D eigenvalue weighted by Gasteiger charge is -2.34. The molecule has 0 radical (unpaired) electrons. The van der Waals surface area contributed by atoms with Gasteiger partial charge in [-0.25, -0.2) is 0 Å². The number of anilines is 1. The maximum atomic E-state index is 9.42. The highest BCUT2D eigenvalue weighted by Crippen LogP contribution is 2.30. The first-order chi connectivity index (χ1) is 7.16. The number of rotatable bonds is 1. The van der Waals surface area contributed by atoms with E-state index in [1.165, 1.54) is 0 Å². The molecule has 1 aliphatic rings. The van der Waals surface area contributed by atoms with Crippen LogP contribution in [0.3, 0.4) is 0 Å². The molecule has 1 fully saturated rings. The Labute approximate surface area is 94.9 Å². The number of hydrogen-bond donors (Lipinski definition) is 1. The van der Waals surface area contributed by atoms with E-state index >= 15 is 0 Å². The molecule has 0 unspecified atom stereocenters. The number of aromatic hydroxyl groups is 1. The van der Waals surface area contributed by atoms with E-state index in [0.717, 1.165) is 31.9 Å². The molecule has 0 atom stereocenters. The average molecular weight is 227 g/mol. The Morgan fingerprint density at radius 3 is 2.53 bits per heavy atom. The lowest BCUT2D eigenvalue weighted by atomic mass is 10.2. The molecular weight excluding hydrogens is 212 g/mol. The highest BCUT2D eigenvalue weighted by molar-refractivity contribution is 6.33. The first-order valence-corrected chi connectivity index (χ1v) is 5.46. The molecule has 1 saturated heterocycles. The van der Waals surface area contributed by atoms with Gasteiger partial charge < -0.3 is 14.9 Å². The highest BCUT2D eigenvalue weighted by Gasteiger charge is 2.16. The van der Waals surface area contributed by atoms with Crippen molar-refractivity contribution in [3.05, 3.63) is 23.2 Å². The van der Waals surface area contributed by atoms with Gasteiger partial charge in [-0.3, -0.25) is 0 Å². The quantitative estimate of drug-likeness (QED) is 0.791. The summed E-state index contributed by atoms with van der Waals surface area (Å²) in [4.78, 5) is 4.50. The molecule has 0 spiro atoms. The van der Waals surface area contributed by atoms with Gasteiger partial charge in [0.05, 0.1) is 10.7 Å². The molecule has 0 saturated carbocycles. The summed E-state index contributed by atoms with van der Waals surface area (Å²) in [7, 11) is 2.11. The normalized spacial score (nSPS) is 18.1. The number of hydrogen-bond acceptors (Lipinski definition) is 3. The van der Waals surface area contributed by atoms with E-state index in [1.807, 2.05) is 0 Å². The minimum Gasteiger partial charge on any atom is -0.508 e. The minimum absolute atomic E-state index is 0.272. The zero-order chi connectivity index (χ0) is 10.8. The summed E-state index contributed by atoms with van der Waals surface area (Å²) in [5.74, 6) is 0.272. The first-order valence-electron chi connectivity index (χ1n) is 5.09. The molecule has 82 valence electrons. The molecule has 0 amide bonds. The van der Waals surface area contributed by atoms with Gasteiger partial charge in [0, 0.05) is 32.2 Å². The molecule has 1 aliphatic heterocycles. The average Bonchev–Trinajstić information content (AvgIpc) is 2.23. The van der Waals surface area contributed by atoms with Gasteiger partial charge in [0.2, 0.25) is 0 Å². The molecule has 0 bridgehead atoms. The molecule has 4 heteroatoms. The molecular formula is C11H15ClN2O. The third-order valence-corrected chi connectivity index (χ3v) is 3.09. The van der Waals surface area contributed by atoms with E-state index in [2.05, 4.69) is 16.8 Å². The van der Waals surface area contributed by atoms with Gasteiger partial charge in [0.25, 0.3) is 0 Å². The SMILES string of the molecule is CN1CCN(c2cc(O)ccc2Cl)CC1. The Bertz CT molecular complexity index is 348. The summed E-state index contributed by atoms with van der Waals surface area (Å²) in [6, 6.07) is 5.08. The summed E-state index contributed by atoms with van der Waals surface area (Å²) in [6.07, 6.45) is 0. The number of phenolic OH excluding ortho intramolecular Hbond substituents is 1. The zero-order valence-electron chi connectivity index (χ0n) is 8.78. The van der Waals surface area contributed by atoms with Crippen molar-refractivity contribution in [3.63, 3.8) is 0 Å². The predicted molar refractivity (Wildman–Crippen MR) is 62.8 cm³/mol. The molecule has 1 aromatic rings. The second-order valence-electron chi connectivity index (χ2n) is 3.93. The topological polar surface area (TPSA) is 26.7 Å². The third-order valence-electron chi connectivity index (χ3n) is 2.77. The Hall–Kier alpha value is -0.930. The fourth-order valence-corrected chi connectivity index (χ4v) is 2.03. The summed E-state index contributed by atoms with van der Waals surface area (Å²) < 4.78 is 0. The first kappa shape index (κ1) is 10.6. The number of halogens is 1. The number of benzene rings is 1. The van der Waals surface area contributed by atoms with Crippen molar-refractivity contribution in [2.24, 2.45) is 0 Å². The van der Waals surface area contributed by atoms with E-state index in [1.54, 1.807) is 18.2 Å². The molecule has 3 nitrogen and oxygen atoms in total. The van der Waals surface area contributed by atoms with Crippen LogP contribution in [0.15, 0.2) is 18.2 Å². The van der Waals surface area contributed by atoms with Gasteiger partial charge in [0.15, 0.2) is 0 Å². The van der Waals surface area contributed by atoms with Crippen molar-refractivity contribution < 1.29 is 5.11 Å². The maximum absolute atomic E-state index is 9.42. The molecule has 1 heterocycles. The molecule has 2 rings (SSSR count). The smallest absolute Gasteiger partial charge is 0.117 e. The van der Waals surface area contributed by atoms with Gasteiger partial charge in [0.1, 0.15) is 5.75 Å². The van der Waals surface area contributed by atoms with Gasteiger partial charge in [-0.05, 0) is 19.2 Å². The van der Waals surface area contributed by atoms with Crippen LogP contribution in [0.5, 0.6) is 5.75 Å². The molecule has 15 heavy (non-hydrogen) atoms. The zero-order valence-corrected chi connectivity index (χ0v) is 9.54. The standard InChI is InChI=1S/C11H15ClN2O/c1-13-4-6-14(7-5-13)11-8-9(15)2-3-10(11)12/h2-3,8,15H,4-7H2,1H3. The van der Waals surface area contributed by atoms with Crippen molar-refractivity contribution in [3.8, 4) is 5.75 Å². The molecule has 0 aliphatic carbocycles. The fraction of sp³-hybridized carbons (Fsp3) is 0.455. The Balaban J connectivity index is 2.18. The number of nitrogens with zero attached hydrogens (tertiary/aromatic N) is 2. The van der Waals surface area contributed by atoms with Crippen molar-refractivity contribution >= 4 is 17.3 Å². The number of phenols is 1. The number of piperazine rings is 1. The van der Waals surface area contributed by atoms with Gasteiger partial charge in [-0.2, -0.15) is 0 Å². The van der Waals surface area contributed by atoms with Crippen LogP contribution in [-0.2, 0) is 0 Å². The summed E-state index contributed by atoms with van der Waals surface area (Å²) in [5, 5.41) is 10.1. The molecule has 0 aromatic heterocycles. The number of likely N-dealkylation sites (N-methyl/N-ethyl adjacent to an activating group) is 1. The van der Waals surface area contributed by atoms with Crippen molar-refractivity contribution in [2.75, 3.05) is 38.1 Å². The van der Waals surface area contributed by atoms with Gasteiger partial charge in [-0.1, -0.05) is 11.6 Å². The van der Waals surface area contributed by atoms with Crippen molar-refractivity contribution in [1.29, 1.82) is 0 Å². The lowest BCUT2D eigenvalue weighted by molar-refractivity contribution is 0.313. The monoisotopic (exact) mass is 226 g/mol. The van der Waals surface area contributed by atoms with Crippen molar-refractivity contribution in [2.45, 2.75) is 0 Å². The highest BCUT2D eigenvalue weighted by atomic mass is 35.5. The van der Waals surface area contributed by atoms with Crippen LogP contribution >= 0.6 is 11.6 Å². The summed E-state index contributed by atoms with van der Waals surface area (Å²) >= 11 is 6.10. The van der Waals surface area contributed by atoms with Crippen LogP contribution in [0, 0.1) is 0 Å². The van der Waals surface area contributed by atoms with Crippen LogP contribution in [0.1, 0.15) is 0 Å². The summed E-state index contributed by atoms with van der Waals surface area (Å²) in [5.41, 5.74) is 0.935. The van der Waals surface area contributed by atoms with Crippen LogP contribution in [0.4, 0.5) is 5.69 Å². The Morgan fingerprint density at radius 2 is 1.87 bits per heavy atom. The van der Waals surface area contributed by atoms with Crippen LogP contribution < -0.4 is 4.90 Å². The van der Waals surface area contributed by atoms with Gasteiger partial charge in [-0.15, -0.1) is 0 Å². The second kappa shape index (κ2) is 4.29. The Morgan fingerprint density at radius 1 is 1.20 bits per heavy atom. The van der Waals surface area contributed by atoms with E-state index in [-0.39, 0.29) is 5.75 Å². The largest absolute Gasteiger partial charge is 0.508 e. The maximum Gasteiger partial charge on any atom is 0.117 e. The van der Waals surface area contributed by atoms with E-state index in [0.29, 0.717) is 5.02 Å². The van der Waals surface area contributed by atoms with Crippen LogP contribution in [0.25, 0.3) is 0 Å². The second-order valence-corrected chi connectivity index (χ2v) is 4.33. The third kappa shape index (κ3) is 2.36. The Kier molecular flexibility index (Phi) is 3.03. The van der Waals surface area contributed by atoms with E-state index in [4.69, 9.17) is 11.6 Å². The molecule has 1 aromatic carbocycles. The van der Waals surface area contributed by atoms with Gasteiger partial charge >= 0.3 is 0 Å². The molecule has 1 N–H and O–H groups in total. The van der Waals surface area contributed by atoms with Crippen LogP contribution in [0.2, 0.25) is 5.02 Å². The van der Waals surface area contributed by atoms with Crippen LogP contribution in [-0.4, -0.2) is 43.2 Å². The fourth-order valence-electron chi connectivity index (χ4n) is 1.79.